The number of aliphatic hydroxyl groups excluding tert-OH is 1. The molecule has 2 aliphatic heterocycles. The van der Waals surface area contributed by atoms with E-state index in [4.69, 9.17) is 0 Å². The molecule has 32 heavy (non-hydrogen) atoms. The number of carbonyl (C=O) groups excluding carboxylic acids is 2. The van der Waals surface area contributed by atoms with Crippen LogP contribution < -0.4 is 10.2 Å². The summed E-state index contributed by atoms with van der Waals surface area (Å²) in [5, 5.41) is 12.4. The van der Waals surface area contributed by atoms with Crippen molar-refractivity contribution in [2.45, 2.75) is 33.1 Å². The van der Waals surface area contributed by atoms with Crippen LogP contribution in [0.25, 0.3) is 0 Å². The van der Waals surface area contributed by atoms with Gasteiger partial charge >= 0.3 is 0 Å². The van der Waals surface area contributed by atoms with Crippen molar-refractivity contribution in [3.63, 3.8) is 0 Å². The van der Waals surface area contributed by atoms with Crippen molar-refractivity contribution in [3.8, 4) is 0 Å². The summed E-state index contributed by atoms with van der Waals surface area (Å²) in [5.74, 6) is 0.480. The molecular weight excluding hydrogens is 404 g/mol. The van der Waals surface area contributed by atoms with Gasteiger partial charge in [-0.2, -0.15) is 0 Å². The predicted molar refractivity (Wildman–Crippen MR) is 124 cm³/mol. The van der Waals surface area contributed by atoms with E-state index in [2.05, 4.69) is 35.1 Å². The lowest BCUT2D eigenvalue weighted by Gasteiger charge is -2.36. The minimum absolute atomic E-state index is 0.0225. The van der Waals surface area contributed by atoms with Crippen molar-refractivity contribution < 1.29 is 14.7 Å². The van der Waals surface area contributed by atoms with Gasteiger partial charge < -0.3 is 20.2 Å². The lowest BCUT2D eigenvalue weighted by Crippen LogP contribution is -2.49. The first-order chi connectivity index (χ1) is 15.4. The van der Waals surface area contributed by atoms with Crippen molar-refractivity contribution in [1.29, 1.82) is 0 Å². The van der Waals surface area contributed by atoms with E-state index >= 15 is 0 Å². The maximum atomic E-state index is 13.2. The lowest BCUT2D eigenvalue weighted by molar-refractivity contribution is -0.120. The molecule has 0 radical (unpaired) electrons. The smallest absolute Gasteiger partial charge is 0.254 e. The first-order valence-electron chi connectivity index (χ1n) is 11.4. The summed E-state index contributed by atoms with van der Waals surface area (Å²) in [7, 11) is 0. The largest absolute Gasteiger partial charge is 0.396 e. The quantitative estimate of drug-likeness (QED) is 0.749. The van der Waals surface area contributed by atoms with Crippen LogP contribution in [0.15, 0.2) is 30.5 Å². The predicted octanol–water partition coefficient (Wildman–Crippen LogP) is 2.05. The summed E-state index contributed by atoms with van der Waals surface area (Å²) in [5.41, 5.74) is 4.80. The Bertz CT molecular complexity index is 1010. The minimum Gasteiger partial charge on any atom is -0.396 e. The van der Waals surface area contributed by atoms with Crippen LogP contribution in [-0.2, 0) is 11.2 Å². The van der Waals surface area contributed by atoms with Crippen LogP contribution in [-0.4, -0.2) is 66.1 Å². The van der Waals surface area contributed by atoms with Gasteiger partial charge in [0, 0.05) is 57.0 Å². The second kappa shape index (κ2) is 9.28. The van der Waals surface area contributed by atoms with Crippen molar-refractivity contribution in [2.75, 3.05) is 44.2 Å². The summed E-state index contributed by atoms with van der Waals surface area (Å²) in [6, 6.07) is 7.80. The van der Waals surface area contributed by atoms with Gasteiger partial charge in [-0.1, -0.05) is 25.1 Å². The van der Waals surface area contributed by atoms with Gasteiger partial charge in [-0.15, -0.1) is 0 Å². The van der Waals surface area contributed by atoms with Crippen molar-refractivity contribution in [2.24, 2.45) is 5.92 Å². The fourth-order valence-corrected chi connectivity index (χ4v) is 4.83. The van der Waals surface area contributed by atoms with Crippen LogP contribution in [0, 0.1) is 19.8 Å². The van der Waals surface area contributed by atoms with Gasteiger partial charge in [0.25, 0.3) is 5.91 Å². The van der Waals surface area contributed by atoms with Gasteiger partial charge in [-0.25, -0.2) is 4.98 Å². The summed E-state index contributed by atoms with van der Waals surface area (Å²) in [4.78, 5) is 34.2. The molecule has 2 amide bonds. The molecule has 2 aliphatic rings. The number of nitrogens with zero attached hydrogens (tertiary/aromatic N) is 3. The van der Waals surface area contributed by atoms with E-state index in [0.29, 0.717) is 25.2 Å². The number of rotatable bonds is 5. The number of hydrogen-bond acceptors (Lipinski definition) is 5. The van der Waals surface area contributed by atoms with Crippen LogP contribution in [0.3, 0.4) is 0 Å². The monoisotopic (exact) mass is 436 g/mol. The zero-order chi connectivity index (χ0) is 22.8. The summed E-state index contributed by atoms with van der Waals surface area (Å²) < 4.78 is 0. The topological polar surface area (TPSA) is 85.8 Å². The van der Waals surface area contributed by atoms with Crippen LogP contribution in [0.5, 0.6) is 0 Å². The van der Waals surface area contributed by atoms with Gasteiger partial charge in [-0.05, 0) is 48.6 Å². The Morgan fingerprint density at radius 1 is 1.16 bits per heavy atom. The molecule has 2 fully saturated rings. The molecule has 0 bridgehead atoms. The van der Waals surface area contributed by atoms with Crippen LogP contribution in [0.2, 0.25) is 0 Å². The summed E-state index contributed by atoms with van der Waals surface area (Å²) in [6.45, 7) is 9.38. The van der Waals surface area contributed by atoms with Crippen molar-refractivity contribution in [1.82, 2.24) is 15.2 Å². The van der Waals surface area contributed by atoms with E-state index in [1.807, 2.05) is 36.2 Å². The molecule has 1 aromatic heterocycles. The van der Waals surface area contributed by atoms with Crippen LogP contribution in [0.1, 0.15) is 45.5 Å². The second-order valence-electron chi connectivity index (χ2n) is 8.86. The number of aliphatic hydroxyl groups is 1. The third kappa shape index (κ3) is 4.21. The first-order valence-corrected chi connectivity index (χ1v) is 11.4. The number of benzene rings is 1. The number of anilines is 1. The summed E-state index contributed by atoms with van der Waals surface area (Å²) in [6.07, 6.45) is 2.91. The Kier molecular flexibility index (Phi) is 6.46. The van der Waals surface area contributed by atoms with E-state index in [0.717, 1.165) is 36.5 Å². The molecule has 4 rings (SSSR count). The Morgan fingerprint density at radius 3 is 2.53 bits per heavy atom. The number of amides is 2. The second-order valence-corrected chi connectivity index (χ2v) is 8.86. The average Bonchev–Trinajstić information content (AvgIpc) is 3.19. The Morgan fingerprint density at radius 2 is 1.91 bits per heavy atom. The number of nitrogens with one attached hydrogen (secondary N) is 1. The molecule has 2 aromatic rings. The molecule has 1 unspecified atom stereocenters. The van der Waals surface area contributed by atoms with Gasteiger partial charge in [0.15, 0.2) is 0 Å². The third-order valence-corrected chi connectivity index (χ3v) is 6.75. The maximum Gasteiger partial charge on any atom is 0.254 e. The number of aromatic nitrogens is 1. The lowest BCUT2D eigenvalue weighted by atomic mass is 9.87. The average molecular weight is 437 g/mol. The molecule has 0 spiro atoms. The zero-order valence-corrected chi connectivity index (χ0v) is 19.1. The van der Waals surface area contributed by atoms with Crippen LogP contribution in [0.4, 0.5) is 5.82 Å². The van der Waals surface area contributed by atoms with E-state index in [1.54, 1.807) is 0 Å². The molecular formula is C25H32N4O3. The number of piperazine rings is 1. The molecule has 7 nitrogen and oxygen atoms in total. The van der Waals surface area contributed by atoms with E-state index in [1.165, 1.54) is 11.1 Å². The van der Waals surface area contributed by atoms with E-state index < -0.39 is 0 Å². The Hall–Kier alpha value is -2.93. The summed E-state index contributed by atoms with van der Waals surface area (Å²) >= 11 is 0. The molecule has 2 saturated heterocycles. The molecule has 7 heteroatoms. The molecule has 0 aliphatic carbocycles. The molecule has 170 valence electrons. The number of pyridine rings is 1. The van der Waals surface area contributed by atoms with Crippen molar-refractivity contribution >= 4 is 17.6 Å². The molecule has 2 N–H and O–H groups in total. The molecule has 3 heterocycles. The highest BCUT2D eigenvalue weighted by molar-refractivity contribution is 5.96. The van der Waals surface area contributed by atoms with E-state index in [-0.39, 0.29) is 30.3 Å². The highest BCUT2D eigenvalue weighted by Gasteiger charge is 2.35. The fourth-order valence-electron chi connectivity index (χ4n) is 4.83. The zero-order valence-electron chi connectivity index (χ0n) is 19.1. The number of hydrogen-bond donors (Lipinski definition) is 2. The Balaban J connectivity index is 1.44. The maximum absolute atomic E-state index is 13.2. The molecule has 1 aromatic carbocycles. The highest BCUT2D eigenvalue weighted by atomic mass is 16.3. The van der Waals surface area contributed by atoms with Gasteiger partial charge in [-0.3, -0.25) is 9.59 Å². The Labute approximate surface area is 189 Å². The SMILES string of the molecule is CCc1cnc(N2CCN(C(=O)c3ccc([C@@H]4C(=O)NCC4CO)cc3C)CC2)c(C)c1. The van der Waals surface area contributed by atoms with Gasteiger partial charge in [0.1, 0.15) is 5.82 Å². The normalized spacial score (nSPS) is 21.1. The van der Waals surface area contributed by atoms with Gasteiger partial charge in [0.2, 0.25) is 5.91 Å². The molecule has 0 saturated carbocycles. The standard InChI is InChI=1S/C25H32N4O3/c1-4-18-11-17(3)23(26-13-18)28-7-9-29(10-8-28)25(32)21-6-5-19(12-16(21)2)22-20(15-30)14-27-24(22)31/h5-6,11-13,20,22,30H,4,7-10,14-15H2,1-3H3,(H,27,31)/t20?,22-/m0/s1. The minimum atomic E-state index is -0.360. The third-order valence-electron chi connectivity index (χ3n) is 6.75. The molecule has 2 atom stereocenters. The number of carbonyl (C=O) groups is 2. The van der Waals surface area contributed by atoms with E-state index in [9.17, 15) is 14.7 Å². The van der Waals surface area contributed by atoms with Crippen molar-refractivity contribution in [3.05, 3.63) is 58.3 Å². The van der Waals surface area contributed by atoms with Crippen LogP contribution >= 0.6 is 0 Å². The fraction of sp³-hybridized carbons (Fsp3) is 0.480. The number of aryl methyl sites for hydroxylation is 3. The first kappa shape index (κ1) is 22.3. The van der Waals surface area contributed by atoms with Gasteiger partial charge in [0.05, 0.1) is 5.92 Å². The highest BCUT2D eigenvalue weighted by Crippen LogP contribution is 2.30.